The van der Waals surface area contributed by atoms with Crippen LogP contribution in [0, 0.1) is 0 Å². The van der Waals surface area contributed by atoms with Crippen LogP contribution in [0.25, 0.3) is 0 Å². The van der Waals surface area contributed by atoms with Crippen molar-refractivity contribution in [1.82, 2.24) is 10.4 Å². The minimum Gasteiger partial charge on any atom is -0.480 e. The minimum absolute atomic E-state index is 0.468. The molecule has 0 aromatic carbocycles. The van der Waals surface area contributed by atoms with Crippen molar-refractivity contribution in [3.63, 3.8) is 0 Å². The molecule has 5 nitrogen and oxygen atoms in total. The molecule has 0 bridgehead atoms. The molecule has 0 aliphatic heterocycles. The molecule has 0 aliphatic carbocycles. The van der Waals surface area contributed by atoms with Gasteiger partial charge in [-0.2, -0.15) is 5.48 Å². The number of nitrogens with zero attached hydrogens (tertiary/aromatic N) is 1. The number of aliphatic carboxylic acids is 1. The van der Waals surface area contributed by atoms with Crippen molar-refractivity contribution in [2.24, 2.45) is 0 Å². The number of hydrogen-bond donors (Lipinski definition) is 3. The maximum absolute atomic E-state index is 10.6. The quantitative estimate of drug-likeness (QED) is 0.227. The first kappa shape index (κ1) is 17.1. The largest absolute Gasteiger partial charge is 0.480 e. The molecule has 0 heterocycles. The Morgan fingerprint density at radius 2 is 2.06 bits per heavy atom. The molecule has 102 valence electrons. The third kappa shape index (κ3) is 8.76. The van der Waals surface area contributed by atoms with Crippen molar-refractivity contribution in [2.75, 3.05) is 24.1 Å². The van der Waals surface area contributed by atoms with E-state index in [1.165, 1.54) is 0 Å². The summed E-state index contributed by atoms with van der Waals surface area (Å²) in [4.78, 5) is 13.0. The van der Waals surface area contributed by atoms with Crippen molar-refractivity contribution in [3.8, 4) is 0 Å². The van der Waals surface area contributed by atoms with E-state index in [9.17, 15) is 4.79 Å². The first-order valence-corrected chi connectivity index (χ1v) is 7.59. The van der Waals surface area contributed by atoms with Crippen LogP contribution in [0.3, 0.4) is 0 Å². The van der Waals surface area contributed by atoms with Crippen LogP contribution in [0.1, 0.15) is 32.6 Å². The number of hydroxylamine groups is 1. The first-order valence-electron chi connectivity index (χ1n) is 6.06. The Kier molecular flexibility index (Phi) is 11.2. The number of rotatable bonds is 11. The van der Waals surface area contributed by atoms with Crippen LogP contribution in [0.5, 0.6) is 0 Å². The molecule has 0 unspecified atom stereocenters. The van der Waals surface area contributed by atoms with Gasteiger partial charge in [0.2, 0.25) is 0 Å². The number of unbranched alkanes of at least 4 members (excludes halogenated alkanes) is 1. The second-order valence-corrected chi connectivity index (χ2v) is 5.13. The Bertz CT molecular complexity index is 199. The summed E-state index contributed by atoms with van der Waals surface area (Å²) in [6.07, 6.45) is 3.40. The first-order chi connectivity index (χ1) is 8.15. The van der Waals surface area contributed by atoms with Gasteiger partial charge in [0.05, 0.1) is 0 Å². The third-order valence-corrected chi connectivity index (χ3v) is 3.09. The lowest BCUT2D eigenvalue weighted by Crippen LogP contribution is -2.34. The molecule has 0 amide bonds. The summed E-state index contributed by atoms with van der Waals surface area (Å²) in [6, 6.07) is -0.834. The summed E-state index contributed by atoms with van der Waals surface area (Å²) in [5, 5.41) is 17.3. The molecule has 0 saturated carbocycles. The standard InChI is InChI=1S/C11H23IN2O3/c1-2-7-14(9-6-12)8-4-3-5-10(13-17)11(15)16/h10,13,17H,2-9H2,1H3,(H,15,16)/t10-/m0/s1. The molecule has 0 aromatic heterocycles. The fourth-order valence-corrected chi connectivity index (χ4v) is 2.38. The highest BCUT2D eigenvalue weighted by molar-refractivity contribution is 14.1. The predicted molar refractivity (Wildman–Crippen MR) is 75.8 cm³/mol. The van der Waals surface area contributed by atoms with Crippen LogP contribution in [0.2, 0.25) is 0 Å². The molecule has 0 radical (unpaired) electrons. The predicted octanol–water partition coefficient (Wildman–Crippen LogP) is 1.74. The number of nitrogens with one attached hydrogen (secondary N) is 1. The van der Waals surface area contributed by atoms with Gasteiger partial charge in [-0.3, -0.25) is 4.79 Å². The van der Waals surface area contributed by atoms with E-state index in [0.29, 0.717) is 6.42 Å². The van der Waals surface area contributed by atoms with Crippen LogP contribution in [0.4, 0.5) is 0 Å². The Balaban J connectivity index is 3.69. The van der Waals surface area contributed by atoms with Crippen molar-refractivity contribution < 1.29 is 15.1 Å². The van der Waals surface area contributed by atoms with Crippen LogP contribution in [-0.4, -0.2) is 51.3 Å². The summed E-state index contributed by atoms with van der Waals surface area (Å²) in [6.45, 7) is 5.36. The number of hydrogen-bond acceptors (Lipinski definition) is 4. The Morgan fingerprint density at radius 3 is 2.53 bits per heavy atom. The number of carboxylic acid groups (broad SMARTS) is 1. The van der Waals surface area contributed by atoms with E-state index >= 15 is 0 Å². The molecule has 3 N–H and O–H groups in total. The van der Waals surface area contributed by atoms with Crippen molar-refractivity contribution >= 4 is 28.6 Å². The zero-order valence-electron chi connectivity index (χ0n) is 10.4. The molecule has 6 heteroatoms. The highest BCUT2D eigenvalue weighted by atomic mass is 127. The lowest BCUT2D eigenvalue weighted by atomic mass is 10.1. The lowest BCUT2D eigenvalue weighted by molar-refractivity contribution is -0.142. The van der Waals surface area contributed by atoms with E-state index < -0.39 is 12.0 Å². The molecule has 0 aromatic rings. The average molecular weight is 358 g/mol. The molecule has 0 spiro atoms. The number of alkyl halides is 1. The second kappa shape index (κ2) is 11.2. The SMILES string of the molecule is CCCN(CCI)CCCC[C@H](NO)C(=O)O. The summed E-state index contributed by atoms with van der Waals surface area (Å²) < 4.78 is 1.12. The van der Waals surface area contributed by atoms with E-state index in [1.54, 1.807) is 0 Å². The molecular weight excluding hydrogens is 335 g/mol. The van der Waals surface area contributed by atoms with Gasteiger partial charge in [-0.15, -0.1) is 0 Å². The molecule has 17 heavy (non-hydrogen) atoms. The van der Waals surface area contributed by atoms with Crippen molar-refractivity contribution in [2.45, 2.75) is 38.6 Å². The monoisotopic (exact) mass is 358 g/mol. The van der Waals surface area contributed by atoms with Crippen LogP contribution in [0.15, 0.2) is 0 Å². The lowest BCUT2D eigenvalue weighted by Gasteiger charge is -2.20. The van der Waals surface area contributed by atoms with Gasteiger partial charge in [-0.05, 0) is 38.8 Å². The van der Waals surface area contributed by atoms with E-state index in [4.69, 9.17) is 10.3 Å². The Morgan fingerprint density at radius 1 is 1.35 bits per heavy atom. The average Bonchev–Trinajstić information content (AvgIpc) is 2.29. The topological polar surface area (TPSA) is 72.8 Å². The normalized spacial score (nSPS) is 12.9. The Hall–Kier alpha value is 0.0800. The number of carbonyl (C=O) groups is 1. The van der Waals surface area contributed by atoms with Crippen molar-refractivity contribution in [1.29, 1.82) is 0 Å². The molecule has 0 rings (SSSR count). The van der Waals surface area contributed by atoms with Crippen LogP contribution in [-0.2, 0) is 4.79 Å². The van der Waals surface area contributed by atoms with E-state index in [-0.39, 0.29) is 0 Å². The van der Waals surface area contributed by atoms with Gasteiger partial charge in [-0.25, -0.2) is 0 Å². The number of halogens is 1. The summed E-state index contributed by atoms with van der Waals surface area (Å²) in [7, 11) is 0. The van der Waals surface area contributed by atoms with Crippen molar-refractivity contribution in [3.05, 3.63) is 0 Å². The molecular formula is C11H23IN2O3. The molecule has 0 saturated heterocycles. The summed E-state index contributed by atoms with van der Waals surface area (Å²) in [5.74, 6) is -0.995. The fraction of sp³-hybridized carbons (Fsp3) is 0.909. The zero-order valence-corrected chi connectivity index (χ0v) is 12.5. The second-order valence-electron chi connectivity index (χ2n) is 4.05. The number of carboxylic acids is 1. The molecule has 0 fully saturated rings. The maximum Gasteiger partial charge on any atom is 0.323 e. The zero-order chi connectivity index (χ0) is 13.1. The van der Waals surface area contributed by atoms with Gasteiger partial charge in [0.25, 0.3) is 0 Å². The Labute approximate surface area is 117 Å². The minimum atomic E-state index is -0.995. The van der Waals surface area contributed by atoms with Gasteiger partial charge < -0.3 is 15.2 Å². The molecule has 1 atom stereocenters. The molecule has 0 aliphatic rings. The summed E-state index contributed by atoms with van der Waals surface area (Å²) >= 11 is 2.37. The van der Waals surface area contributed by atoms with Gasteiger partial charge in [0, 0.05) is 11.0 Å². The van der Waals surface area contributed by atoms with Gasteiger partial charge in [0.1, 0.15) is 6.04 Å². The van der Waals surface area contributed by atoms with Gasteiger partial charge in [0.15, 0.2) is 0 Å². The van der Waals surface area contributed by atoms with Crippen LogP contribution < -0.4 is 5.48 Å². The highest BCUT2D eigenvalue weighted by Gasteiger charge is 2.15. The highest BCUT2D eigenvalue weighted by Crippen LogP contribution is 2.04. The van der Waals surface area contributed by atoms with E-state index in [2.05, 4.69) is 34.4 Å². The third-order valence-electron chi connectivity index (χ3n) is 2.61. The van der Waals surface area contributed by atoms with E-state index in [0.717, 1.165) is 43.3 Å². The smallest absolute Gasteiger partial charge is 0.323 e. The van der Waals surface area contributed by atoms with Gasteiger partial charge in [-0.1, -0.05) is 29.5 Å². The van der Waals surface area contributed by atoms with E-state index in [1.807, 2.05) is 5.48 Å². The van der Waals surface area contributed by atoms with Crippen LogP contribution >= 0.6 is 22.6 Å². The van der Waals surface area contributed by atoms with Gasteiger partial charge >= 0.3 is 5.97 Å². The maximum atomic E-state index is 10.6. The summed E-state index contributed by atoms with van der Waals surface area (Å²) in [5.41, 5.74) is 1.83. The fourth-order valence-electron chi connectivity index (χ4n) is 1.70.